The van der Waals surface area contributed by atoms with Crippen molar-refractivity contribution in [1.82, 2.24) is 0 Å². The highest BCUT2D eigenvalue weighted by atomic mass is 32.2. The van der Waals surface area contributed by atoms with Crippen molar-refractivity contribution in [3.05, 3.63) is 28.3 Å². The molecule has 1 aromatic carbocycles. The number of hydrogen-bond donors (Lipinski definition) is 3. The van der Waals surface area contributed by atoms with E-state index in [0.29, 0.717) is 11.8 Å². The zero-order valence-electron chi connectivity index (χ0n) is 12.3. The summed E-state index contributed by atoms with van der Waals surface area (Å²) in [5, 5.41) is 20.6. The monoisotopic (exact) mass is 387 g/mol. The first kappa shape index (κ1) is 20.1. The first-order valence-corrected chi connectivity index (χ1v) is 9.73. The molecule has 0 aliphatic rings. The molecule has 0 aliphatic heterocycles. The van der Waals surface area contributed by atoms with Gasteiger partial charge in [-0.25, -0.2) is 0 Å². The Morgan fingerprint density at radius 1 is 1.22 bits per heavy atom. The third-order valence-electron chi connectivity index (χ3n) is 2.56. The molecule has 3 N–H and O–H groups in total. The fourth-order valence-electron chi connectivity index (χ4n) is 1.53. The molecule has 23 heavy (non-hydrogen) atoms. The highest BCUT2D eigenvalue weighted by molar-refractivity contribution is 8.32. The predicted octanol–water partition coefficient (Wildman–Crippen LogP) is 2.36. The molecule has 0 saturated carbocycles. The van der Waals surface area contributed by atoms with E-state index in [0.717, 1.165) is 39.5 Å². The molecule has 0 fully saturated rings. The molecule has 130 valence electrons. The van der Waals surface area contributed by atoms with Crippen LogP contribution in [0.15, 0.2) is 23.1 Å². The Labute approximate surface area is 135 Å². The van der Waals surface area contributed by atoms with Gasteiger partial charge in [-0.1, -0.05) is 11.8 Å². The van der Waals surface area contributed by atoms with Crippen molar-refractivity contribution in [2.45, 2.75) is 4.90 Å². The van der Waals surface area contributed by atoms with Crippen molar-refractivity contribution < 1.29 is 38.0 Å². The van der Waals surface area contributed by atoms with Gasteiger partial charge < -0.3 is 28.5 Å². The number of phenols is 1. The Kier molecular flexibility index (Phi) is 6.81. The van der Waals surface area contributed by atoms with Gasteiger partial charge in [-0.3, -0.25) is 14.7 Å². The number of phenolic OH excluding ortho intramolecular Hbond substituents is 1. The quantitative estimate of drug-likeness (QED) is 0.275. The Morgan fingerprint density at radius 3 is 2.13 bits per heavy atom. The minimum Gasteiger partial charge on any atom is -0.507 e. The van der Waals surface area contributed by atoms with Crippen molar-refractivity contribution in [1.29, 1.82) is 0 Å². The molecule has 0 spiro atoms. The molecule has 0 saturated heterocycles. The fourth-order valence-corrected chi connectivity index (χ4v) is 7.19. The molecule has 0 unspecified atom stereocenters. The number of benzene rings is 1. The van der Waals surface area contributed by atoms with E-state index >= 15 is 0 Å². The summed E-state index contributed by atoms with van der Waals surface area (Å²) < 4.78 is 26.2. The third kappa shape index (κ3) is 4.56. The maximum Gasteiger partial charge on any atom is 0.369 e. The first-order valence-electron chi connectivity index (χ1n) is 5.76. The van der Waals surface area contributed by atoms with Gasteiger partial charge in [-0.2, -0.15) is 0 Å². The number of aromatic hydroxyl groups is 1. The van der Waals surface area contributed by atoms with Crippen LogP contribution in [0.4, 0.5) is 5.69 Å². The van der Waals surface area contributed by atoms with Crippen LogP contribution >= 0.6 is 26.9 Å². The molecule has 0 aliphatic carbocycles. The second-order valence-electron chi connectivity index (χ2n) is 3.88. The van der Waals surface area contributed by atoms with Crippen molar-refractivity contribution >= 4 is 37.0 Å². The van der Waals surface area contributed by atoms with E-state index in [1.165, 1.54) is 0 Å². The lowest BCUT2D eigenvalue weighted by atomic mass is 10.3. The smallest absolute Gasteiger partial charge is 0.369 e. The van der Waals surface area contributed by atoms with Crippen LogP contribution < -0.4 is 0 Å². The number of nitro benzene ring substituents is 1. The summed E-state index contributed by atoms with van der Waals surface area (Å²) in [5.74, 6) is -0.395. The number of non-ortho nitro benzene ring substituents is 1. The maximum absolute atomic E-state index is 11.8. The summed E-state index contributed by atoms with van der Waals surface area (Å²) in [6.45, 7) is 0. The molecular weight excluding hydrogens is 372 g/mol. The second-order valence-corrected chi connectivity index (χ2v) is 9.97. The molecule has 1 rings (SSSR count). The Morgan fingerprint density at radius 2 is 1.74 bits per heavy atom. The number of thioether (sulfide) groups is 1. The van der Waals surface area contributed by atoms with Gasteiger partial charge in [0.25, 0.3) is 13.3 Å². The van der Waals surface area contributed by atoms with Crippen LogP contribution in [-0.2, 0) is 18.1 Å². The largest absolute Gasteiger partial charge is 0.507 e. The van der Waals surface area contributed by atoms with E-state index in [2.05, 4.69) is 0 Å². The Bertz CT molecular complexity index is 683. The molecular formula is C10H15NO9P2S. The van der Waals surface area contributed by atoms with Gasteiger partial charge in [0.15, 0.2) is 4.37 Å². The normalized spacial score (nSPS) is 12.2. The van der Waals surface area contributed by atoms with E-state index in [-0.39, 0.29) is 10.6 Å². The van der Waals surface area contributed by atoms with Gasteiger partial charge in [0.1, 0.15) is 5.75 Å². The molecule has 0 atom stereocenters. The number of nitro groups is 1. The minimum absolute atomic E-state index is 0.145. The summed E-state index contributed by atoms with van der Waals surface area (Å²) in [4.78, 5) is 29.1. The van der Waals surface area contributed by atoms with E-state index < -0.39 is 30.2 Å². The van der Waals surface area contributed by atoms with Gasteiger partial charge in [-0.15, -0.1) is 0 Å². The average Bonchev–Trinajstić information content (AvgIpc) is 2.48. The van der Waals surface area contributed by atoms with Gasteiger partial charge in [0.2, 0.25) is 0 Å². The molecule has 10 nitrogen and oxygen atoms in total. The summed E-state index contributed by atoms with van der Waals surface area (Å²) in [6.07, 6.45) is 0. The van der Waals surface area contributed by atoms with E-state index in [4.69, 9.17) is 13.6 Å². The van der Waals surface area contributed by atoms with Crippen molar-refractivity contribution in [3.8, 4) is 5.75 Å². The molecule has 0 radical (unpaired) electrons. The zero-order chi connectivity index (χ0) is 17.8. The number of nitrogens with zero attached hydrogens (tertiary/aromatic N) is 1. The lowest BCUT2D eigenvalue weighted by molar-refractivity contribution is -0.385. The SMILES string of the molecule is COP(OC)(OC)=C(Sc1cc([N+](=O)[O-])ccc1O)P(=O)(O)O. The van der Waals surface area contributed by atoms with Crippen LogP contribution in [-0.4, -0.2) is 45.5 Å². The van der Waals surface area contributed by atoms with Gasteiger partial charge in [0.05, 0.1) is 9.82 Å². The molecule has 13 heteroatoms. The van der Waals surface area contributed by atoms with Crippen LogP contribution in [0.2, 0.25) is 0 Å². The number of hydrogen-bond acceptors (Lipinski definition) is 8. The molecule has 0 heterocycles. The van der Waals surface area contributed by atoms with E-state index in [1.54, 1.807) is 0 Å². The molecule has 0 bridgehead atoms. The molecule has 0 amide bonds. The Balaban J connectivity index is 3.57. The second kappa shape index (κ2) is 7.78. The third-order valence-corrected chi connectivity index (χ3v) is 9.15. The highest BCUT2D eigenvalue weighted by Crippen LogP contribution is 2.63. The molecule has 0 aromatic heterocycles. The molecule has 1 aromatic rings. The average molecular weight is 387 g/mol. The summed E-state index contributed by atoms with van der Waals surface area (Å²) in [5.41, 5.74) is -0.355. The van der Waals surface area contributed by atoms with E-state index in [9.17, 15) is 29.6 Å². The van der Waals surface area contributed by atoms with Gasteiger partial charge in [-0.05, 0) is 6.07 Å². The Hall–Kier alpha value is -0.900. The van der Waals surface area contributed by atoms with Crippen molar-refractivity contribution in [2.24, 2.45) is 0 Å². The van der Waals surface area contributed by atoms with Crippen LogP contribution in [0.25, 0.3) is 0 Å². The summed E-state index contributed by atoms with van der Waals surface area (Å²) >= 11 is 0.408. The zero-order valence-corrected chi connectivity index (χ0v) is 14.9. The topological polar surface area (TPSA) is 149 Å². The minimum atomic E-state index is -4.90. The van der Waals surface area contributed by atoms with Crippen LogP contribution in [0.1, 0.15) is 0 Å². The van der Waals surface area contributed by atoms with Gasteiger partial charge >= 0.3 is 7.60 Å². The van der Waals surface area contributed by atoms with Crippen LogP contribution in [0, 0.1) is 10.1 Å². The maximum atomic E-state index is 11.8. The lowest BCUT2D eigenvalue weighted by Crippen LogP contribution is -2.05. The van der Waals surface area contributed by atoms with Crippen molar-refractivity contribution in [2.75, 3.05) is 21.3 Å². The van der Waals surface area contributed by atoms with Crippen molar-refractivity contribution in [3.63, 3.8) is 0 Å². The fraction of sp³-hybridized carbons (Fsp3) is 0.300. The summed E-state index contributed by atoms with van der Waals surface area (Å²) in [6, 6.07) is 3.08. The summed E-state index contributed by atoms with van der Waals surface area (Å²) in [7, 11) is -5.03. The standard InChI is InChI=1S/C10H15NO9P2S/c1-18-22(19-2,20-3)10(21(15,16)17)23-9-6-7(11(13)14)4-5-8(9)12/h4-6,12H,1-3H3,(H2,15,16,17). The van der Waals surface area contributed by atoms with Crippen LogP contribution in [0.5, 0.6) is 5.75 Å². The highest BCUT2D eigenvalue weighted by Gasteiger charge is 2.37. The number of rotatable bonds is 7. The predicted molar refractivity (Wildman–Crippen MR) is 85.6 cm³/mol. The lowest BCUT2D eigenvalue weighted by Gasteiger charge is -2.24. The van der Waals surface area contributed by atoms with Crippen LogP contribution in [0.3, 0.4) is 0 Å². The van der Waals surface area contributed by atoms with Gasteiger partial charge in [0, 0.05) is 33.5 Å². The van der Waals surface area contributed by atoms with E-state index in [1.807, 2.05) is 0 Å². The first-order chi connectivity index (χ1) is 10.6.